The Balaban J connectivity index is 1.54. The van der Waals surface area contributed by atoms with E-state index < -0.39 is 0 Å². The van der Waals surface area contributed by atoms with Crippen molar-refractivity contribution in [1.29, 1.82) is 0 Å². The Labute approximate surface area is 155 Å². The summed E-state index contributed by atoms with van der Waals surface area (Å²) in [5.74, 6) is 0.569. The van der Waals surface area contributed by atoms with Crippen molar-refractivity contribution in [2.75, 3.05) is 13.1 Å². The summed E-state index contributed by atoms with van der Waals surface area (Å²) in [7, 11) is 1.91. The number of aromatic nitrogens is 4. The first-order valence-corrected chi connectivity index (χ1v) is 9.79. The van der Waals surface area contributed by atoms with E-state index in [1.54, 1.807) is 16.0 Å². The Bertz CT molecular complexity index is 1050. The standard InChI is InChI=1S/C19H21N5OS/c1-23-8-14-6-13(7-15(11-25)18(14)22-23)17-10-24-9-16(21-19(24)26-17)12-2-4-20-5-3-12/h6-10,12,20,25H,2-5,11H2,1H3. The van der Waals surface area contributed by atoms with Gasteiger partial charge >= 0.3 is 0 Å². The molecule has 0 radical (unpaired) electrons. The number of hydrogen-bond acceptors (Lipinski definition) is 5. The molecule has 7 heteroatoms. The predicted octanol–water partition coefficient (Wildman–Crippen LogP) is 2.91. The Morgan fingerprint density at radius 2 is 2.08 bits per heavy atom. The third-order valence-electron chi connectivity index (χ3n) is 5.19. The van der Waals surface area contributed by atoms with E-state index >= 15 is 0 Å². The molecule has 0 spiro atoms. The second-order valence-electron chi connectivity index (χ2n) is 7.01. The number of thiazole rings is 1. The van der Waals surface area contributed by atoms with Crippen LogP contribution in [0, 0.1) is 0 Å². The molecule has 0 saturated carbocycles. The van der Waals surface area contributed by atoms with Crippen LogP contribution in [-0.2, 0) is 13.7 Å². The fourth-order valence-electron chi connectivity index (χ4n) is 3.85. The van der Waals surface area contributed by atoms with Gasteiger partial charge in [0.25, 0.3) is 0 Å². The molecule has 0 atom stereocenters. The van der Waals surface area contributed by atoms with Gasteiger partial charge in [-0.2, -0.15) is 5.10 Å². The van der Waals surface area contributed by atoms with Crippen molar-refractivity contribution in [2.45, 2.75) is 25.4 Å². The van der Waals surface area contributed by atoms with E-state index in [2.05, 4.69) is 33.3 Å². The fraction of sp³-hybridized carbons (Fsp3) is 0.368. The lowest BCUT2D eigenvalue weighted by Gasteiger charge is -2.20. The highest BCUT2D eigenvalue weighted by Gasteiger charge is 2.19. The maximum absolute atomic E-state index is 9.73. The summed E-state index contributed by atoms with van der Waals surface area (Å²) >= 11 is 1.70. The van der Waals surface area contributed by atoms with E-state index in [0.29, 0.717) is 5.92 Å². The first-order chi connectivity index (χ1) is 12.7. The number of hydrogen-bond donors (Lipinski definition) is 2. The number of benzene rings is 1. The van der Waals surface area contributed by atoms with Crippen LogP contribution in [0.2, 0.25) is 0 Å². The molecule has 4 aromatic rings. The maximum atomic E-state index is 9.73. The normalized spacial score (nSPS) is 16.1. The molecule has 0 unspecified atom stereocenters. The summed E-state index contributed by atoms with van der Waals surface area (Å²) in [5, 5.41) is 18.6. The van der Waals surface area contributed by atoms with Crippen LogP contribution in [0.3, 0.4) is 0 Å². The lowest BCUT2D eigenvalue weighted by molar-refractivity contribution is 0.283. The number of aliphatic hydroxyl groups excluding tert-OH is 1. The van der Waals surface area contributed by atoms with Gasteiger partial charge < -0.3 is 10.4 Å². The van der Waals surface area contributed by atoms with Crippen LogP contribution < -0.4 is 5.32 Å². The van der Waals surface area contributed by atoms with E-state index in [0.717, 1.165) is 57.8 Å². The zero-order chi connectivity index (χ0) is 17.7. The van der Waals surface area contributed by atoms with E-state index in [1.165, 1.54) is 5.69 Å². The van der Waals surface area contributed by atoms with Crippen molar-refractivity contribution in [3.63, 3.8) is 0 Å². The van der Waals surface area contributed by atoms with Crippen molar-refractivity contribution in [1.82, 2.24) is 24.5 Å². The Hall–Kier alpha value is -2.22. The number of rotatable bonds is 3. The largest absolute Gasteiger partial charge is 0.392 e. The molecular formula is C19H21N5OS. The van der Waals surface area contributed by atoms with Crippen molar-refractivity contribution >= 4 is 27.2 Å². The Morgan fingerprint density at radius 1 is 1.23 bits per heavy atom. The summed E-state index contributed by atoms with van der Waals surface area (Å²) in [6.07, 6.45) is 8.65. The number of nitrogens with one attached hydrogen (secondary N) is 1. The first-order valence-electron chi connectivity index (χ1n) is 8.98. The molecule has 1 aromatic carbocycles. The summed E-state index contributed by atoms with van der Waals surface area (Å²) in [5.41, 5.74) is 4.05. The molecule has 0 bridgehead atoms. The maximum Gasteiger partial charge on any atom is 0.194 e. The molecule has 5 rings (SSSR count). The molecule has 4 heterocycles. The van der Waals surface area contributed by atoms with Crippen molar-refractivity contribution < 1.29 is 5.11 Å². The minimum atomic E-state index is -0.0102. The van der Waals surface area contributed by atoms with Gasteiger partial charge in [0.05, 0.1) is 22.7 Å². The van der Waals surface area contributed by atoms with E-state index in [9.17, 15) is 5.11 Å². The molecule has 2 N–H and O–H groups in total. The molecule has 1 saturated heterocycles. The van der Waals surface area contributed by atoms with Crippen LogP contribution in [0.4, 0.5) is 0 Å². The van der Waals surface area contributed by atoms with Gasteiger partial charge in [0, 0.05) is 42.5 Å². The predicted molar refractivity (Wildman–Crippen MR) is 104 cm³/mol. The smallest absolute Gasteiger partial charge is 0.194 e. The number of piperidine rings is 1. The van der Waals surface area contributed by atoms with E-state index in [4.69, 9.17) is 4.98 Å². The minimum absolute atomic E-state index is 0.0102. The summed E-state index contributed by atoms with van der Waals surface area (Å²) < 4.78 is 3.93. The van der Waals surface area contributed by atoms with Gasteiger partial charge in [0.2, 0.25) is 0 Å². The molecule has 0 amide bonds. The van der Waals surface area contributed by atoms with E-state index in [1.807, 2.05) is 19.3 Å². The molecule has 1 fully saturated rings. The van der Waals surface area contributed by atoms with Gasteiger partial charge in [-0.15, -0.1) is 0 Å². The number of aliphatic hydroxyl groups is 1. The average Bonchev–Trinajstić information content (AvgIpc) is 3.33. The van der Waals surface area contributed by atoms with Crippen LogP contribution >= 0.6 is 11.3 Å². The molecule has 1 aliphatic heterocycles. The van der Waals surface area contributed by atoms with Gasteiger partial charge in [-0.1, -0.05) is 11.3 Å². The van der Waals surface area contributed by atoms with Gasteiger partial charge in [-0.25, -0.2) is 4.98 Å². The third kappa shape index (κ3) is 2.63. The third-order valence-corrected chi connectivity index (χ3v) is 6.23. The lowest BCUT2D eigenvalue weighted by Crippen LogP contribution is -2.26. The summed E-state index contributed by atoms with van der Waals surface area (Å²) in [6, 6.07) is 4.18. The monoisotopic (exact) mass is 367 g/mol. The summed E-state index contributed by atoms with van der Waals surface area (Å²) in [6.45, 7) is 2.15. The SMILES string of the molecule is Cn1cc2cc(-c3cn4cc(C5CCNCC5)nc4s3)cc(CO)c2n1. The number of imidazole rings is 1. The molecule has 1 aliphatic rings. The zero-order valence-corrected chi connectivity index (χ0v) is 15.5. The fourth-order valence-corrected chi connectivity index (χ4v) is 4.81. The van der Waals surface area contributed by atoms with Crippen LogP contribution in [0.25, 0.3) is 26.3 Å². The van der Waals surface area contributed by atoms with Gasteiger partial charge in [0.1, 0.15) is 0 Å². The van der Waals surface area contributed by atoms with Crippen LogP contribution in [0.1, 0.15) is 30.0 Å². The second kappa shape index (κ2) is 6.19. The number of fused-ring (bicyclic) bond motifs is 2. The zero-order valence-electron chi connectivity index (χ0n) is 14.6. The van der Waals surface area contributed by atoms with Gasteiger partial charge in [0.15, 0.2) is 4.96 Å². The number of nitrogens with zero attached hydrogens (tertiary/aromatic N) is 4. The second-order valence-corrected chi connectivity index (χ2v) is 8.02. The van der Waals surface area contributed by atoms with Crippen LogP contribution in [0.15, 0.2) is 30.7 Å². The quantitative estimate of drug-likeness (QED) is 0.584. The van der Waals surface area contributed by atoms with Crippen molar-refractivity contribution in [3.8, 4) is 10.4 Å². The minimum Gasteiger partial charge on any atom is -0.392 e. The first kappa shape index (κ1) is 16.0. The van der Waals surface area contributed by atoms with Crippen LogP contribution in [0.5, 0.6) is 0 Å². The van der Waals surface area contributed by atoms with Gasteiger partial charge in [-0.05, 0) is 43.6 Å². The molecule has 134 valence electrons. The Kier molecular flexibility index (Phi) is 3.81. The van der Waals surface area contributed by atoms with E-state index in [-0.39, 0.29) is 6.61 Å². The van der Waals surface area contributed by atoms with Gasteiger partial charge in [-0.3, -0.25) is 9.08 Å². The molecule has 0 aliphatic carbocycles. The highest BCUT2D eigenvalue weighted by atomic mass is 32.1. The lowest BCUT2D eigenvalue weighted by atomic mass is 9.95. The van der Waals surface area contributed by atoms with Crippen molar-refractivity contribution in [3.05, 3.63) is 42.0 Å². The van der Waals surface area contributed by atoms with Crippen LogP contribution in [-0.4, -0.2) is 37.4 Å². The highest BCUT2D eigenvalue weighted by molar-refractivity contribution is 7.20. The highest BCUT2D eigenvalue weighted by Crippen LogP contribution is 2.34. The van der Waals surface area contributed by atoms with Crippen molar-refractivity contribution in [2.24, 2.45) is 7.05 Å². The number of aryl methyl sites for hydroxylation is 1. The Morgan fingerprint density at radius 3 is 2.85 bits per heavy atom. The molecule has 3 aromatic heterocycles. The topological polar surface area (TPSA) is 67.4 Å². The molecular weight excluding hydrogens is 346 g/mol. The average molecular weight is 367 g/mol. The molecule has 26 heavy (non-hydrogen) atoms. The molecule has 6 nitrogen and oxygen atoms in total. The summed E-state index contributed by atoms with van der Waals surface area (Å²) in [4.78, 5) is 7.07.